The normalized spacial score (nSPS) is 11.7. The third-order valence-electron chi connectivity index (χ3n) is 1.58. The number of carbonyl (C=O) groups is 1. The lowest BCUT2D eigenvalue weighted by atomic mass is 10.3. The molecule has 1 aromatic heterocycles. The standard InChI is InChI=1S/C7H8F3N3O/c1-13-5(7(8,9)10)2-4(12-13)3-6(11)14/h2H,3H2,1H3,(H2,11,14). The minimum Gasteiger partial charge on any atom is -0.369 e. The van der Waals surface area contributed by atoms with Gasteiger partial charge in [0, 0.05) is 7.05 Å². The zero-order valence-corrected chi connectivity index (χ0v) is 7.30. The van der Waals surface area contributed by atoms with Crippen LogP contribution >= 0.6 is 0 Å². The zero-order chi connectivity index (χ0) is 10.9. The van der Waals surface area contributed by atoms with E-state index in [9.17, 15) is 18.0 Å². The van der Waals surface area contributed by atoms with Gasteiger partial charge >= 0.3 is 6.18 Å². The van der Waals surface area contributed by atoms with Crippen LogP contribution in [0.4, 0.5) is 13.2 Å². The summed E-state index contributed by atoms with van der Waals surface area (Å²) < 4.78 is 37.3. The Morgan fingerprint density at radius 3 is 2.57 bits per heavy atom. The van der Waals surface area contributed by atoms with E-state index in [2.05, 4.69) is 5.10 Å². The van der Waals surface area contributed by atoms with Crippen LogP contribution in [-0.4, -0.2) is 15.7 Å². The number of primary amides is 1. The smallest absolute Gasteiger partial charge is 0.369 e. The minimum atomic E-state index is -4.46. The summed E-state index contributed by atoms with van der Waals surface area (Å²) in [4.78, 5) is 10.4. The Morgan fingerprint density at radius 2 is 2.21 bits per heavy atom. The van der Waals surface area contributed by atoms with Crippen LogP contribution < -0.4 is 5.73 Å². The summed E-state index contributed by atoms with van der Waals surface area (Å²) in [7, 11) is 1.16. The van der Waals surface area contributed by atoms with Crippen molar-refractivity contribution in [1.82, 2.24) is 9.78 Å². The second-order valence-corrected chi connectivity index (χ2v) is 2.79. The molecule has 1 aromatic rings. The fraction of sp³-hybridized carbons (Fsp3) is 0.429. The number of carbonyl (C=O) groups excluding carboxylic acids is 1. The molecule has 4 nitrogen and oxygen atoms in total. The molecule has 7 heteroatoms. The molecule has 0 aromatic carbocycles. The van der Waals surface area contributed by atoms with Gasteiger partial charge in [-0.3, -0.25) is 9.48 Å². The topological polar surface area (TPSA) is 60.9 Å². The lowest BCUT2D eigenvalue weighted by Crippen LogP contribution is -2.14. The average molecular weight is 207 g/mol. The van der Waals surface area contributed by atoms with Gasteiger partial charge in [0.2, 0.25) is 5.91 Å². The van der Waals surface area contributed by atoms with Crippen molar-refractivity contribution >= 4 is 5.91 Å². The second-order valence-electron chi connectivity index (χ2n) is 2.79. The van der Waals surface area contributed by atoms with E-state index in [0.29, 0.717) is 4.68 Å². The Kier molecular flexibility index (Phi) is 2.50. The Bertz CT molecular complexity index is 356. The number of nitrogens with zero attached hydrogens (tertiary/aromatic N) is 2. The largest absolute Gasteiger partial charge is 0.433 e. The molecule has 0 aliphatic carbocycles. The molecule has 2 N–H and O–H groups in total. The maximum atomic E-state index is 12.2. The van der Waals surface area contributed by atoms with Gasteiger partial charge in [0.1, 0.15) is 5.69 Å². The number of aryl methyl sites for hydroxylation is 1. The molecule has 0 saturated heterocycles. The highest BCUT2D eigenvalue weighted by Gasteiger charge is 2.34. The van der Waals surface area contributed by atoms with Crippen molar-refractivity contribution in [3.63, 3.8) is 0 Å². The van der Waals surface area contributed by atoms with Gasteiger partial charge in [0.15, 0.2) is 0 Å². The van der Waals surface area contributed by atoms with E-state index < -0.39 is 17.8 Å². The molecule has 0 aliphatic rings. The Labute approximate surface area is 77.5 Å². The third kappa shape index (κ3) is 2.24. The Morgan fingerprint density at radius 1 is 1.64 bits per heavy atom. The van der Waals surface area contributed by atoms with Crippen LogP contribution in [0.3, 0.4) is 0 Å². The Hall–Kier alpha value is -1.53. The molecule has 1 rings (SSSR count). The predicted octanol–water partition coefficient (Wildman–Crippen LogP) is 0.467. The minimum absolute atomic E-state index is 0.0207. The number of rotatable bonds is 2. The molecule has 0 fully saturated rings. The van der Waals surface area contributed by atoms with Crippen LogP contribution in [0.25, 0.3) is 0 Å². The van der Waals surface area contributed by atoms with E-state index in [1.807, 2.05) is 0 Å². The molecule has 0 aliphatic heterocycles. The summed E-state index contributed by atoms with van der Waals surface area (Å²) >= 11 is 0. The van der Waals surface area contributed by atoms with Gasteiger partial charge in [-0.2, -0.15) is 18.3 Å². The van der Waals surface area contributed by atoms with Crippen molar-refractivity contribution < 1.29 is 18.0 Å². The highest BCUT2D eigenvalue weighted by molar-refractivity contribution is 5.76. The van der Waals surface area contributed by atoms with Crippen LogP contribution in [0.5, 0.6) is 0 Å². The summed E-state index contributed by atoms with van der Waals surface area (Å²) in [5, 5.41) is 3.51. The van der Waals surface area contributed by atoms with Crippen LogP contribution in [0.1, 0.15) is 11.4 Å². The van der Waals surface area contributed by atoms with E-state index in [0.717, 1.165) is 13.1 Å². The maximum Gasteiger partial charge on any atom is 0.433 e. The molecular weight excluding hydrogens is 199 g/mol. The van der Waals surface area contributed by atoms with Gasteiger partial charge in [0.25, 0.3) is 0 Å². The molecule has 1 heterocycles. The molecule has 0 radical (unpaired) electrons. The van der Waals surface area contributed by atoms with Crippen molar-refractivity contribution in [2.45, 2.75) is 12.6 Å². The van der Waals surface area contributed by atoms with Crippen molar-refractivity contribution in [1.29, 1.82) is 0 Å². The van der Waals surface area contributed by atoms with Gasteiger partial charge < -0.3 is 5.73 Å². The van der Waals surface area contributed by atoms with Gasteiger partial charge in [-0.15, -0.1) is 0 Å². The first-order chi connectivity index (χ1) is 6.30. The monoisotopic (exact) mass is 207 g/mol. The van der Waals surface area contributed by atoms with Crippen molar-refractivity contribution in [2.24, 2.45) is 12.8 Å². The van der Waals surface area contributed by atoms with E-state index in [4.69, 9.17) is 5.73 Å². The number of aromatic nitrogens is 2. The third-order valence-corrected chi connectivity index (χ3v) is 1.58. The number of hydrogen-bond acceptors (Lipinski definition) is 2. The van der Waals surface area contributed by atoms with Crippen LogP contribution in [-0.2, 0) is 24.4 Å². The summed E-state index contributed by atoms with van der Waals surface area (Å²) in [6, 6.07) is 0.810. The van der Waals surface area contributed by atoms with Crippen molar-refractivity contribution in [3.05, 3.63) is 17.5 Å². The fourth-order valence-corrected chi connectivity index (χ4v) is 1.06. The maximum absolute atomic E-state index is 12.2. The summed E-state index contributed by atoms with van der Waals surface area (Å²) in [6.07, 6.45) is -4.75. The summed E-state index contributed by atoms with van der Waals surface area (Å²) in [6.45, 7) is 0. The number of amides is 1. The first kappa shape index (κ1) is 10.6. The summed E-state index contributed by atoms with van der Waals surface area (Å²) in [5.74, 6) is -0.711. The van der Waals surface area contributed by atoms with Crippen LogP contribution in [0.15, 0.2) is 6.07 Å². The van der Waals surface area contributed by atoms with E-state index in [-0.39, 0.29) is 12.1 Å². The van der Waals surface area contributed by atoms with Crippen LogP contribution in [0, 0.1) is 0 Å². The fourth-order valence-electron chi connectivity index (χ4n) is 1.06. The molecule has 0 saturated carbocycles. The van der Waals surface area contributed by atoms with Crippen molar-refractivity contribution in [3.8, 4) is 0 Å². The number of nitrogens with two attached hydrogens (primary N) is 1. The average Bonchev–Trinajstić information content (AvgIpc) is 2.27. The van der Waals surface area contributed by atoms with Gasteiger partial charge in [-0.25, -0.2) is 0 Å². The zero-order valence-electron chi connectivity index (χ0n) is 7.30. The molecule has 0 atom stereocenters. The second kappa shape index (κ2) is 3.32. The lowest BCUT2D eigenvalue weighted by molar-refractivity contribution is -0.143. The molecule has 14 heavy (non-hydrogen) atoms. The van der Waals surface area contributed by atoms with E-state index in [1.54, 1.807) is 0 Å². The molecular formula is C7H8F3N3O. The van der Waals surface area contributed by atoms with Gasteiger partial charge in [0.05, 0.1) is 12.1 Å². The highest BCUT2D eigenvalue weighted by Crippen LogP contribution is 2.29. The van der Waals surface area contributed by atoms with E-state index in [1.165, 1.54) is 0 Å². The van der Waals surface area contributed by atoms with E-state index >= 15 is 0 Å². The molecule has 78 valence electrons. The molecule has 1 amide bonds. The van der Waals surface area contributed by atoms with Crippen LogP contribution in [0.2, 0.25) is 0 Å². The quantitative estimate of drug-likeness (QED) is 0.766. The first-order valence-corrected chi connectivity index (χ1v) is 3.69. The SMILES string of the molecule is Cn1nc(CC(N)=O)cc1C(F)(F)F. The number of hydrogen-bond donors (Lipinski definition) is 1. The van der Waals surface area contributed by atoms with Crippen molar-refractivity contribution in [2.75, 3.05) is 0 Å². The van der Waals surface area contributed by atoms with Gasteiger partial charge in [-0.1, -0.05) is 0 Å². The Balaban J connectivity index is 2.99. The predicted molar refractivity (Wildman–Crippen MR) is 41.1 cm³/mol. The number of halogens is 3. The molecule has 0 unspecified atom stereocenters. The summed E-state index contributed by atoms with van der Waals surface area (Å²) in [5.41, 5.74) is 3.95. The molecule has 0 spiro atoms. The highest BCUT2D eigenvalue weighted by atomic mass is 19.4. The first-order valence-electron chi connectivity index (χ1n) is 3.69. The number of alkyl halides is 3. The lowest BCUT2D eigenvalue weighted by Gasteiger charge is -2.04. The van der Waals surface area contributed by atoms with Gasteiger partial charge in [-0.05, 0) is 6.07 Å². The molecule has 0 bridgehead atoms.